The van der Waals surface area contributed by atoms with E-state index in [-0.39, 0.29) is 11.7 Å². The van der Waals surface area contributed by atoms with Gasteiger partial charge in [0, 0.05) is 13.1 Å². The fourth-order valence-electron chi connectivity index (χ4n) is 2.29. The highest BCUT2D eigenvalue weighted by Crippen LogP contribution is 2.29. The van der Waals surface area contributed by atoms with Crippen LogP contribution in [0.3, 0.4) is 0 Å². The number of aliphatic imine (C=N–C) groups is 1. The van der Waals surface area contributed by atoms with Gasteiger partial charge in [0.05, 0.1) is 31.5 Å². The van der Waals surface area contributed by atoms with Crippen molar-refractivity contribution in [3.05, 3.63) is 0 Å². The fourth-order valence-corrected chi connectivity index (χ4v) is 2.29. The van der Waals surface area contributed by atoms with E-state index in [1.807, 2.05) is 0 Å². The predicted octanol–water partition coefficient (Wildman–Crippen LogP) is 0.591. The Hall–Kier alpha value is -0.810. The van der Waals surface area contributed by atoms with E-state index in [2.05, 4.69) is 23.7 Å². The van der Waals surface area contributed by atoms with Gasteiger partial charge in [0.25, 0.3) is 0 Å². The summed E-state index contributed by atoms with van der Waals surface area (Å²) in [6.07, 6.45) is 2.40. The smallest absolute Gasteiger partial charge is 0.191 e. The van der Waals surface area contributed by atoms with Gasteiger partial charge in [0.15, 0.2) is 5.96 Å². The van der Waals surface area contributed by atoms with Crippen LogP contribution in [-0.4, -0.2) is 55.4 Å². The summed E-state index contributed by atoms with van der Waals surface area (Å²) in [6.45, 7) is 8.09. The summed E-state index contributed by atoms with van der Waals surface area (Å²) >= 11 is 0. The molecule has 2 heterocycles. The zero-order valence-corrected chi connectivity index (χ0v) is 10.8. The van der Waals surface area contributed by atoms with Gasteiger partial charge in [-0.05, 0) is 26.7 Å². The maximum Gasteiger partial charge on any atom is 0.191 e. The van der Waals surface area contributed by atoms with E-state index in [0.29, 0.717) is 12.5 Å². The van der Waals surface area contributed by atoms with Crippen LogP contribution in [-0.2, 0) is 9.47 Å². The molecule has 2 N–H and O–H groups in total. The van der Waals surface area contributed by atoms with Gasteiger partial charge in [0.1, 0.15) is 0 Å². The molecule has 0 radical (unpaired) electrons. The van der Waals surface area contributed by atoms with Gasteiger partial charge < -0.3 is 20.1 Å². The second-order valence-corrected chi connectivity index (χ2v) is 5.34. The molecule has 17 heavy (non-hydrogen) atoms. The Kier molecular flexibility index (Phi) is 3.89. The minimum absolute atomic E-state index is 0.00785. The van der Waals surface area contributed by atoms with Gasteiger partial charge in [-0.3, -0.25) is 4.99 Å². The molecule has 2 aliphatic rings. The molecule has 0 spiro atoms. The Labute approximate surface area is 103 Å². The van der Waals surface area contributed by atoms with Crippen LogP contribution in [0, 0.1) is 0 Å². The molecule has 0 aliphatic carbocycles. The van der Waals surface area contributed by atoms with E-state index in [0.717, 1.165) is 39.1 Å². The first-order valence-corrected chi connectivity index (χ1v) is 6.37. The Balaban J connectivity index is 1.79. The minimum Gasteiger partial charge on any atom is -0.378 e. The molecule has 0 aromatic carbocycles. The highest BCUT2D eigenvalue weighted by molar-refractivity contribution is 5.78. The van der Waals surface area contributed by atoms with Gasteiger partial charge in [-0.1, -0.05) is 0 Å². The lowest BCUT2D eigenvalue weighted by Gasteiger charge is -2.27. The molecule has 5 nitrogen and oxygen atoms in total. The topological polar surface area (TPSA) is 60.1 Å². The molecular formula is C12H23N3O2. The normalized spacial score (nSPS) is 29.6. The third-order valence-electron chi connectivity index (χ3n) is 3.35. The quantitative estimate of drug-likeness (QED) is 0.568. The highest BCUT2D eigenvalue weighted by atomic mass is 16.5. The molecule has 1 atom stereocenters. The summed E-state index contributed by atoms with van der Waals surface area (Å²) in [5.74, 6) is 0.626. The molecule has 0 aromatic heterocycles. The van der Waals surface area contributed by atoms with Crippen molar-refractivity contribution in [2.24, 2.45) is 10.7 Å². The Morgan fingerprint density at radius 3 is 2.71 bits per heavy atom. The summed E-state index contributed by atoms with van der Waals surface area (Å²) in [7, 11) is 0. The van der Waals surface area contributed by atoms with Gasteiger partial charge >= 0.3 is 0 Å². The molecule has 0 saturated carbocycles. The van der Waals surface area contributed by atoms with Crippen LogP contribution in [0.5, 0.6) is 0 Å². The molecule has 0 amide bonds. The Morgan fingerprint density at radius 2 is 2.12 bits per heavy atom. The van der Waals surface area contributed by atoms with Crippen LogP contribution in [0.1, 0.15) is 26.7 Å². The van der Waals surface area contributed by atoms with E-state index in [1.165, 1.54) is 0 Å². The molecule has 2 rings (SSSR count). The second kappa shape index (κ2) is 5.23. The number of ether oxygens (including phenoxy) is 2. The molecular weight excluding hydrogens is 218 g/mol. The lowest BCUT2D eigenvalue weighted by Crippen LogP contribution is -2.45. The van der Waals surface area contributed by atoms with Crippen LogP contribution in [0.25, 0.3) is 0 Å². The number of hydrogen-bond donors (Lipinski definition) is 1. The molecule has 2 aliphatic heterocycles. The monoisotopic (exact) mass is 241 g/mol. The van der Waals surface area contributed by atoms with E-state index < -0.39 is 0 Å². The lowest BCUT2D eigenvalue weighted by molar-refractivity contribution is -0.0108. The fraction of sp³-hybridized carbons (Fsp3) is 0.917. The lowest BCUT2D eigenvalue weighted by atomic mass is 10.1. The molecule has 1 unspecified atom stereocenters. The maximum atomic E-state index is 5.96. The molecule has 98 valence electrons. The zero-order valence-electron chi connectivity index (χ0n) is 10.8. The largest absolute Gasteiger partial charge is 0.378 e. The van der Waals surface area contributed by atoms with Crippen molar-refractivity contribution >= 4 is 5.96 Å². The van der Waals surface area contributed by atoms with Crippen LogP contribution >= 0.6 is 0 Å². The number of morpholine rings is 1. The third kappa shape index (κ3) is 3.57. The van der Waals surface area contributed by atoms with Crippen molar-refractivity contribution in [3.63, 3.8) is 0 Å². The number of guanidine groups is 1. The average molecular weight is 241 g/mol. The third-order valence-corrected chi connectivity index (χ3v) is 3.35. The van der Waals surface area contributed by atoms with Crippen LogP contribution in [0.15, 0.2) is 4.99 Å². The van der Waals surface area contributed by atoms with Gasteiger partial charge in [0.2, 0.25) is 0 Å². The number of rotatable bonds is 2. The van der Waals surface area contributed by atoms with Crippen LogP contribution in [0.4, 0.5) is 0 Å². The molecule has 0 bridgehead atoms. The molecule has 2 saturated heterocycles. The first-order chi connectivity index (χ1) is 8.07. The summed E-state index contributed by atoms with van der Waals surface area (Å²) < 4.78 is 11.2. The number of nitrogens with zero attached hydrogens (tertiary/aromatic N) is 2. The predicted molar refractivity (Wildman–Crippen MR) is 67.1 cm³/mol. The van der Waals surface area contributed by atoms with Crippen molar-refractivity contribution < 1.29 is 9.47 Å². The first-order valence-electron chi connectivity index (χ1n) is 6.37. The summed E-state index contributed by atoms with van der Waals surface area (Å²) in [5.41, 5.74) is 5.97. The number of nitrogens with two attached hydrogens (primary N) is 1. The highest BCUT2D eigenvalue weighted by Gasteiger charge is 2.31. The van der Waals surface area contributed by atoms with E-state index in [4.69, 9.17) is 15.2 Å². The Bertz CT molecular complexity index is 285. The van der Waals surface area contributed by atoms with Crippen molar-refractivity contribution in [1.82, 2.24) is 4.90 Å². The van der Waals surface area contributed by atoms with Crippen LogP contribution < -0.4 is 5.73 Å². The number of hydrogen-bond acceptors (Lipinski definition) is 3. The minimum atomic E-state index is 0.00785. The first kappa shape index (κ1) is 12.6. The van der Waals surface area contributed by atoms with Crippen molar-refractivity contribution in [3.8, 4) is 0 Å². The summed E-state index contributed by atoms with van der Waals surface area (Å²) in [6, 6.07) is 0. The zero-order chi connectivity index (χ0) is 12.3. The van der Waals surface area contributed by atoms with Gasteiger partial charge in [-0.25, -0.2) is 0 Å². The van der Waals surface area contributed by atoms with Crippen molar-refractivity contribution in [1.29, 1.82) is 0 Å². The molecule has 0 aromatic rings. The van der Waals surface area contributed by atoms with Crippen molar-refractivity contribution in [2.45, 2.75) is 38.4 Å². The SMILES string of the molecule is CC1(C)CCC(CN=C(N)N2CCOCC2)O1. The average Bonchev–Trinajstić information content (AvgIpc) is 2.67. The van der Waals surface area contributed by atoms with E-state index in [1.54, 1.807) is 0 Å². The Morgan fingerprint density at radius 1 is 1.41 bits per heavy atom. The molecule has 2 fully saturated rings. The van der Waals surface area contributed by atoms with E-state index in [9.17, 15) is 0 Å². The van der Waals surface area contributed by atoms with E-state index >= 15 is 0 Å². The maximum absolute atomic E-state index is 5.96. The van der Waals surface area contributed by atoms with Gasteiger partial charge in [-0.15, -0.1) is 0 Å². The summed E-state index contributed by atoms with van der Waals surface area (Å²) in [5, 5.41) is 0. The summed E-state index contributed by atoms with van der Waals surface area (Å²) in [4.78, 5) is 6.51. The van der Waals surface area contributed by atoms with Crippen LogP contribution in [0.2, 0.25) is 0 Å². The molecule has 5 heteroatoms. The second-order valence-electron chi connectivity index (χ2n) is 5.34. The van der Waals surface area contributed by atoms with Gasteiger partial charge in [-0.2, -0.15) is 0 Å². The standard InChI is InChI=1S/C12H23N3O2/c1-12(2)4-3-10(17-12)9-14-11(13)15-5-7-16-8-6-15/h10H,3-9H2,1-2H3,(H2,13,14). The van der Waals surface area contributed by atoms with Crippen molar-refractivity contribution in [2.75, 3.05) is 32.8 Å².